The van der Waals surface area contributed by atoms with Crippen molar-refractivity contribution in [1.29, 1.82) is 0 Å². The monoisotopic (exact) mass is 292 g/mol. The molecule has 1 aliphatic rings. The fraction of sp³-hybridized carbons (Fsp3) is 0.625. The Bertz CT molecular complexity index is 459. The van der Waals surface area contributed by atoms with E-state index in [1.807, 2.05) is 0 Å². The van der Waals surface area contributed by atoms with Gasteiger partial charge in [-0.1, -0.05) is 19.3 Å². The second-order valence-electron chi connectivity index (χ2n) is 5.30. The topological polar surface area (TPSA) is 62.7 Å². The van der Waals surface area contributed by atoms with Crippen LogP contribution in [0.5, 0.6) is 0 Å². The molecule has 0 amide bonds. The average molecular weight is 292 g/mol. The van der Waals surface area contributed by atoms with Gasteiger partial charge in [0.05, 0.1) is 13.2 Å². The number of carbonyl (C=O) groups is 1. The van der Waals surface area contributed by atoms with Crippen molar-refractivity contribution in [2.45, 2.75) is 45.1 Å². The normalized spacial score (nSPS) is 15.7. The molecule has 0 bridgehead atoms. The van der Waals surface area contributed by atoms with Crippen molar-refractivity contribution in [2.24, 2.45) is 0 Å². The molecule has 0 radical (unpaired) electrons. The third-order valence-corrected chi connectivity index (χ3v) is 3.91. The number of nitrogens with zero attached hydrogens (tertiary/aromatic N) is 2. The quantitative estimate of drug-likeness (QED) is 0.816. The molecule has 2 rings (SSSR count). The van der Waals surface area contributed by atoms with Crippen molar-refractivity contribution in [3.63, 3.8) is 0 Å². The van der Waals surface area contributed by atoms with Crippen LogP contribution in [-0.2, 0) is 4.74 Å². The Morgan fingerprint density at radius 3 is 2.86 bits per heavy atom. The Kier molecular flexibility index (Phi) is 5.99. The summed E-state index contributed by atoms with van der Waals surface area (Å²) >= 11 is 0. The molecule has 0 saturated heterocycles. The number of rotatable bonds is 6. The summed E-state index contributed by atoms with van der Waals surface area (Å²) in [6, 6.07) is 3.83. The maximum atomic E-state index is 12.1. The summed E-state index contributed by atoms with van der Waals surface area (Å²) in [5.74, 6) is 0.288. The highest BCUT2D eigenvalue weighted by Crippen LogP contribution is 2.28. The van der Waals surface area contributed by atoms with Crippen LogP contribution >= 0.6 is 0 Å². The lowest BCUT2D eigenvalue weighted by Gasteiger charge is -2.35. The Hall–Kier alpha value is -1.62. The molecule has 0 unspecified atom stereocenters. The number of aromatic nitrogens is 1. The van der Waals surface area contributed by atoms with Crippen LogP contribution in [0.3, 0.4) is 0 Å². The largest absolute Gasteiger partial charge is 0.462 e. The third-order valence-electron chi connectivity index (χ3n) is 3.91. The fourth-order valence-electron chi connectivity index (χ4n) is 2.96. The van der Waals surface area contributed by atoms with Crippen LogP contribution < -0.4 is 4.90 Å². The van der Waals surface area contributed by atoms with Crippen molar-refractivity contribution in [1.82, 2.24) is 4.98 Å². The molecule has 0 spiro atoms. The van der Waals surface area contributed by atoms with Crippen molar-refractivity contribution in [3.8, 4) is 0 Å². The highest BCUT2D eigenvalue weighted by molar-refractivity contribution is 5.94. The molecular formula is C16H24N2O3. The SMILES string of the molecule is CCOC(=O)c1cccnc1N(CCO)C1CCCCC1. The van der Waals surface area contributed by atoms with E-state index in [-0.39, 0.29) is 12.6 Å². The molecule has 0 aromatic carbocycles. The van der Waals surface area contributed by atoms with Gasteiger partial charge in [0.25, 0.3) is 0 Å². The van der Waals surface area contributed by atoms with E-state index in [1.54, 1.807) is 25.3 Å². The van der Waals surface area contributed by atoms with E-state index in [2.05, 4.69) is 9.88 Å². The van der Waals surface area contributed by atoms with Gasteiger partial charge in [-0.2, -0.15) is 0 Å². The summed E-state index contributed by atoms with van der Waals surface area (Å²) in [7, 11) is 0. The van der Waals surface area contributed by atoms with Gasteiger partial charge in [0.2, 0.25) is 0 Å². The average Bonchev–Trinajstić information content (AvgIpc) is 2.54. The van der Waals surface area contributed by atoms with Gasteiger partial charge < -0.3 is 14.7 Å². The Labute approximate surface area is 125 Å². The van der Waals surface area contributed by atoms with Gasteiger partial charge in [-0.3, -0.25) is 0 Å². The maximum absolute atomic E-state index is 12.1. The molecule has 1 aliphatic carbocycles. The number of anilines is 1. The second kappa shape index (κ2) is 7.98. The smallest absolute Gasteiger partial charge is 0.341 e. The summed E-state index contributed by atoms with van der Waals surface area (Å²) in [6.45, 7) is 2.68. The van der Waals surface area contributed by atoms with Crippen LogP contribution in [0.15, 0.2) is 18.3 Å². The van der Waals surface area contributed by atoms with E-state index in [0.29, 0.717) is 30.6 Å². The van der Waals surface area contributed by atoms with Gasteiger partial charge in [0.1, 0.15) is 11.4 Å². The summed E-state index contributed by atoms with van der Waals surface area (Å²) in [5, 5.41) is 9.38. The van der Waals surface area contributed by atoms with Crippen LogP contribution in [0, 0.1) is 0 Å². The van der Waals surface area contributed by atoms with Gasteiger partial charge >= 0.3 is 5.97 Å². The van der Waals surface area contributed by atoms with E-state index in [0.717, 1.165) is 12.8 Å². The molecule has 0 atom stereocenters. The molecule has 1 aromatic rings. The highest BCUT2D eigenvalue weighted by Gasteiger charge is 2.26. The van der Waals surface area contributed by atoms with Crippen molar-refractivity contribution >= 4 is 11.8 Å². The third kappa shape index (κ3) is 3.94. The number of ether oxygens (including phenoxy) is 1. The molecule has 5 nitrogen and oxygen atoms in total. The number of hydrogen-bond acceptors (Lipinski definition) is 5. The van der Waals surface area contributed by atoms with Crippen LogP contribution in [0.1, 0.15) is 49.4 Å². The first-order valence-corrected chi connectivity index (χ1v) is 7.77. The van der Waals surface area contributed by atoms with Crippen LogP contribution in [0.4, 0.5) is 5.82 Å². The minimum atomic E-state index is -0.348. The Morgan fingerprint density at radius 1 is 1.43 bits per heavy atom. The molecule has 1 heterocycles. The van der Waals surface area contributed by atoms with Gasteiger partial charge in [0.15, 0.2) is 0 Å². The highest BCUT2D eigenvalue weighted by atomic mass is 16.5. The van der Waals surface area contributed by atoms with Gasteiger partial charge in [-0.25, -0.2) is 9.78 Å². The van der Waals surface area contributed by atoms with Crippen molar-refractivity contribution in [3.05, 3.63) is 23.9 Å². The van der Waals surface area contributed by atoms with Crippen LogP contribution in [-0.4, -0.2) is 41.9 Å². The first kappa shape index (κ1) is 15.8. The number of aliphatic hydroxyl groups excluding tert-OH is 1. The summed E-state index contributed by atoms with van der Waals surface area (Å²) < 4.78 is 5.12. The van der Waals surface area contributed by atoms with Crippen molar-refractivity contribution < 1.29 is 14.6 Å². The first-order valence-electron chi connectivity index (χ1n) is 7.77. The molecule has 1 saturated carbocycles. The predicted octanol–water partition coefficient (Wildman–Crippen LogP) is 2.39. The van der Waals surface area contributed by atoms with E-state index < -0.39 is 0 Å². The van der Waals surface area contributed by atoms with Gasteiger partial charge in [-0.15, -0.1) is 0 Å². The zero-order valence-corrected chi connectivity index (χ0v) is 12.6. The number of aliphatic hydroxyl groups is 1. The molecule has 21 heavy (non-hydrogen) atoms. The molecule has 1 fully saturated rings. The van der Waals surface area contributed by atoms with E-state index in [4.69, 9.17) is 4.74 Å². The first-order chi connectivity index (χ1) is 10.3. The summed E-state index contributed by atoms with van der Waals surface area (Å²) in [4.78, 5) is 18.6. The number of esters is 1. The molecule has 1 aromatic heterocycles. The molecule has 1 N–H and O–H groups in total. The lowest BCUT2D eigenvalue weighted by molar-refractivity contribution is 0.0526. The van der Waals surface area contributed by atoms with E-state index >= 15 is 0 Å². The fourth-order valence-corrected chi connectivity index (χ4v) is 2.96. The Balaban J connectivity index is 2.28. The zero-order chi connectivity index (χ0) is 15.1. The number of hydrogen-bond donors (Lipinski definition) is 1. The predicted molar refractivity (Wildman–Crippen MR) is 81.5 cm³/mol. The van der Waals surface area contributed by atoms with E-state index in [1.165, 1.54) is 19.3 Å². The standard InChI is InChI=1S/C16H24N2O3/c1-2-21-16(20)14-9-6-10-17-15(14)18(11-12-19)13-7-4-3-5-8-13/h6,9-10,13,19H,2-5,7-8,11-12H2,1H3. The second-order valence-corrected chi connectivity index (χ2v) is 5.30. The molecule has 0 aliphatic heterocycles. The van der Waals surface area contributed by atoms with Gasteiger partial charge in [-0.05, 0) is 31.9 Å². The number of pyridine rings is 1. The maximum Gasteiger partial charge on any atom is 0.341 e. The number of carbonyl (C=O) groups excluding carboxylic acids is 1. The summed E-state index contributed by atoms with van der Waals surface area (Å²) in [5.41, 5.74) is 0.485. The van der Waals surface area contributed by atoms with Gasteiger partial charge in [0, 0.05) is 18.8 Å². The van der Waals surface area contributed by atoms with Crippen molar-refractivity contribution in [2.75, 3.05) is 24.7 Å². The lowest BCUT2D eigenvalue weighted by atomic mass is 9.94. The Morgan fingerprint density at radius 2 is 2.19 bits per heavy atom. The molecular weight excluding hydrogens is 268 g/mol. The molecule has 5 heteroatoms. The minimum absolute atomic E-state index is 0.0509. The van der Waals surface area contributed by atoms with Crippen LogP contribution in [0.25, 0.3) is 0 Å². The minimum Gasteiger partial charge on any atom is -0.462 e. The van der Waals surface area contributed by atoms with Crippen LogP contribution in [0.2, 0.25) is 0 Å². The lowest BCUT2D eigenvalue weighted by Crippen LogP contribution is -2.40. The zero-order valence-electron chi connectivity index (χ0n) is 12.6. The summed E-state index contributed by atoms with van der Waals surface area (Å²) in [6.07, 6.45) is 7.49. The molecule has 116 valence electrons. The van der Waals surface area contributed by atoms with E-state index in [9.17, 15) is 9.90 Å².